The lowest BCUT2D eigenvalue weighted by Crippen LogP contribution is -2.64. The highest BCUT2D eigenvalue weighted by molar-refractivity contribution is 6.39. The van der Waals surface area contributed by atoms with Gasteiger partial charge >= 0.3 is 5.97 Å². The fourth-order valence-electron chi connectivity index (χ4n) is 10.7. The van der Waals surface area contributed by atoms with Gasteiger partial charge in [-0.2, -0.15) is 0 Å². The molecule has 14 unspecified atom stereocenters. The van der Waals surface area contributed by atoms with Crippen LogP contribution >= 0.6 is 0 Å². The van der Waals surface area contributed by atoms with Gasteiger partial charge < -0.3 is 43.9 Å². The summed E-state index contributed by atoms with van der Waals surface area (Å²) in [4.78, 5) is 58.3. The Kier molecular flexibility index (Phi) is 17.9. The molecule has 1 saturated carbocycles. The van der Waals surface area contributed by atoms with Crippen LogP contribution in [0.5, 0.6) is 0 Å². The van der Waals surface area contributed by atoms with Crippen LogP contribution in [0.1, 0.15) is 118 Å². The van der Waals surface area contributed by atoms with E-state index < -0.39 is 89.5 Å². The summed E-state index contributed by atoms with van der Waals surface area (Å²) in [5.74, 6) is -7.66. The Hall–Kier alpha value is -3.30. The Morgan fingerprint density at radius 3 is 2.25 bits per heavy atom. The van der Waals surface area contributed by atoms with Gasteiger partial charge in [0.15, 0.2) is 0 Å². The second kappa shape index (κ2) is 22.3. The first kappa shape index (κ1) is 50.7. The SMILES string of the molecule is CCC1C=C(C)CC(C)CC(OC)C2OC(O)(C(=O)C(=O)N3CCCCC3C(=O)OC(C(C)=CC3CCC(O)(Cc4ccccc4)C(OC)C3)C(C)C(O)CC1=O)C(C)CC2OC. The predicted molar refractivity (Wildman–Crippen MR) is 237 cm³/mol. The molecule has 14 atom stereocenters. The van der Waals surface area contributed by atoms with Crippen molar-refractivity contribution >= 4 is 23.4 Å². The van der Waals surface area contributed by atoms with E-state index in [0.717, 1.165) is 11.1 Å². The molecule has 1 aliphatic carbocycles. The average Bonchev–Trinajstić information content (AvgIpc) is 3.26. The zero-order valence-electron chi connectivity index (χ0n) is 39.1. The largest absolute Gasteiger partial charge is 0.456 e. The summed E-state index contributed by atoms with van der Waals surface area (Å²) in [5.41, 5.74) is 1.57. The molecular formula is C50H75NO12. The molecule has 3 fully saturated rings. The van der Waals surface area contributed by atoms with Crippen LogP contribution in [-0.4, -0.2) is 126 Å². The molecule has 5 rings (SSSR count). The summed E-state index contributed by atoms with van der Waals surface area (Å²) in [6, 6.07) is 8.66. The quantitative estimate of drug-likeness (QED) is 0.156. The zero-order valence-corrected chi connectivity index (χ0v) is 39.1. The summed E-state index contributed by atoms with van der Waals surface area (Å²) >= 11 is 0. The molecule has 13 nitrogen and oxygen atoms in total. The number of methoxy groups -OCH3 is 3. The van der Waals surface area contributed by atoms with E-state index in [0.29, 0.717) is 63.4 Å². The first-order valence-corrected chi connectivity index (χ1v) is 23.3. The van der Waals surface area contributed by atoms with Crippen molar-refractivity contribution in [1.29, 1.82) is 0 Å². The van der Waals surface area contributed by atoms with Gasteiger partial charge in [0.25, 0.3) is 11.7 Å². The van der Waals surface area contributed by atoms with Crippen LogP contribution in [0.4, 0.5) is 0 Å². The number of cyclic esters (lactones) is 1. The number of esters is 1. The van der Waals surface area contributed by atoms with Crippen molar-refractivity contribution in [2.24, 2.45) is 29.6 Å². The normalized spacial score (nSPS) is 38.6. The third-order valence-corrected chi connectivity index (χ3v) is 14.5. The van der Waals surface area contributed by atoms with Gasteiger partial charge in [0, 0.05) is 58.5 Å². The van der Waals surface area contributed by atoms with Crippen molar-refractivity contribution in [2.45, 2.75) is 173 Å². The van der Waals surface area contributed by atoms with Gasteiger partial charge in [0.05, 0.1) is 30.0 Å². The summed E-state index contributed by atoms with van der Waals surface area (Å²) in [6.07, 6.45) is 4.31. The third-order valence-electron chi connectivity index (χ3n) is 14.5. The molecule has 1 amide bonds. The van der Waals surface area contributed by atoms with Gasteiger partial charge in [-0.05, 0) is 101 Å². The molecule has 3 N–H and O–H groups in total. The minimum Gasteiger partial charge on any atom is -0.456 e. The van der Waals surface area contributed by atoms with Crippen molar-refractivity contribution in [3.05, 3.63) is 59.2 Å². The Balaban J connectivity index is 1.50. The maximum absolute atomic E-state index is 14.5. The second-order valence-electron chi connectivity index (χ2n) is 19.3. The first-order valence-electron chi connectivity index (χ1n) is 23.3. The van der Waals surface area contributed by atoms with Crippen LogP contribution in [0.15, 0.2) is 53.6 Å². The number of hydrogen-bond acceptors (Lipinski definition) is 12. The van der Waals surface area contributed by atoms with Crippen LogP contribution in [0.25, 0.3) is 0 Å². The molecule has 2 bridgehead atoms. The van der Waals surface area contributed by atoms with Crippen molar-refractivity contribution in [3.63, 3.8) is 0 Å². The molecule has 13 heteroatoms. The van der Waals surface area contributed by atoms with Gasteiger partial charge in [-0.25, -0.2) is 4.79 Å². The number of hydrogen-bond donors (Lipinski definition) is 3. The van der Waals surface area contributed by atoms with E-state index in [2.05, 4.69) is 6.92 Å². The van der Waals surface area contributed by atoms with Crippen LogP contribution in [-0.2, 0) is 49.3 Å². The van der Waals surface area contributed by atoms with E-state index in [9.17, 15) is 34.5 Å². The molecule has 1 aromatic carbocycles. The number of allylic oxidation sites excluding steroid dienone is 3. The highest BCUT2D eigenvalue weighted by atomic mass is 16.7. The lowest BCUT2D eigenvalue weighted by atomic mass is 9.73. The molecule has 0 aromatic heterocycles. The highest BCUT2D eigenvalue weighted by Crippen LogP contribution is 2.41. The summed E-state index contributed by atoms with van der Waals surface area (Å²) in [7, 11) is 4.67. The smallest absolute Gasteiger partial charge is 0.329 e. The van der Waals surface area contributed by atoms with E-state index in [1.165, 1.54) is 19.1 Å². The molecular weight excluding hydrogens is 807 g/mol. The molecule has 1 aromatic rings. The van der Waals surface area contributed by atoms with Gasteiger partial charge in [-0.1, -0.05) is 75.8 Å². The van der Waals surface area contributed by atoms with E-state index in [1.54, 1.807) is 21.0 Å². The number of piperidine rings is 1. The third kappa shape index (κ3) is 11.9. The lowest BCUT2D eigenvalue weighted by molar-refractivity contribution is -0.302. The number of carbonyl (C=O) groups excluding carboxylic acids is 4. The average molecular weight is 882 g/mol. The number of fused-ring (bicyclic) bond motifs is 3. The van der Waals surface area contributed by atoms with Crippen LogP contribution in [0, 0.1) is 29.6 Å². The molecule has 3 aliphatic heterocycles. The van der Waals surface area contributed by atoms with Gasteiger partial charge in [0.2, 0.25) is 5.79 Å². The molecule has 0 spiro atoms. The number of benzene rings is 1. The number of nitrogens with zero attached hydrogens (tertiary/aromatic N) is 1. The van der Waals surface area contributed by atoms with Crippen molar-refractivity contribution < 1.29 is 58.2 Å². The minimum atomic E-state index is -2.51. The number of Topliss-reactive ketones (excluding diaryl/α,β-unsaturated/α-hetero) is 2. The Labute approximate surface area is 374 Å². The fourth-order valence-corrected chi connectivity index (χ4v) is 10.7. The van der Waals surface area contributed by atoms with Crippen LogP contribution < -0.4 is 0 Å². The molecule has 0 radical (unpaired) electrons. The zero-order chi connectivity index (χ0) is 46.2. The number of ketones is 2. The summed E-state index contributed by atoms with van der Waals surface area (Å²) in [5, 5.41) is 35.8. The van der Waals surface area contributed by atoms with Crippen LogP contribution in [0.2, 0.25) is 0 Å². The van der Waals surface area contributed by atoms with Crippen molar-refractivity contribution in [3.8, 4) is 0 Å². The number of ether oxygens (including phenoxy) is 5. The van der Waals surface area contributed by atoms with Crippen LogP contribution in [0.3, 0.4) is 0 Å². The number of amides is 1. The highest BCUT2D eigenvalue weighted by Gasteiger charge is 2.56. The molecule has 63 heavy (non-hydrogen) atoms. The van der Waals surface area contributed by atoms with E-state index in [1.807, 2.05) is 63.3 Å². The first-order chi connectivity index (χ1) is 29.9. The van der Waals surface area contributed by atoms with Crippen molar-refractivity contribution in [2.75, 3.05) is 27.9 Å². The Bertz CT molecular complexity index is 1780. The molecule has 4 aliphatic rings. The Morgan fingerprint density at radius 1 is 0.921 bits per heavy atom. The number of carbonyl (C=O) groups is 4. The monoisotopic (exact) mass is 882 g/mol. The minimum absolute atomic E-state index is 0.0261. The van der Waals surface area contributed by atoms with E-state index in [4.69, 9.17) is 23.7 Å². The van der Waals surface area contributed by atoms with Crippen molar-refractivity contribution in [1.82, 2.24) is 4.90 Å². The second-order valence-corrected chi connectivity index (χ2v) is 19.3. The van der Waals surface area contributed by atoms with E-state index in [-0.39, 0.29) is 43.4 Å². The summed E-state index contributed by atoms with van der Waals surface area (Å²) in [6.45, 7) is 11.3. The maximum atomic E-state index is 14.5. The molecule has 352 valence electrons. The molecule has 2 saturated heterocycles. The topological polar surface area (TPSA) is 178 Å². The predicted octanol–water partition coefficient (Wildman–Crippen LogP) is 6.09. The Morgan fingerprint density at radius 2 is 1.60 bits per heavy atom. The number of aliphatic hydroxyl groups is 3. The van der Waals surface area contributed by atoms with Gasteiger partial charge in [-0.15, -0.1) is 0 Å². The van der Waals surface area contributed by atoms with E-state index >= 15 is 0 Å². The lowest BCUT2D eigenvalue weighted by Gasteiger charge is -2.47. The fraction of sp³-hybridized carbons (Fsp3) is 0.720. The van der Waals surface area contributed by atoms with Gasteiger partial charge in [-0.3, -0.25) is 14.4 Å². The maximum Gasteiger partial charge on any atom is 0.329 e. The standard InChI is InChI=1S/C50H75NO12/c1-10-37-23-30(2)22-31(3)24-41(59-7)45-42(60-8)26-33(5)50(58,63-45)46(54)47(55)51-21-15-14-18-38(51)48(56)62-44(34(6)39(52)28-40(37)53)32(4)25-36-19-20-49(57,43(27-36)61-9)29-35-16-12-11-13-17-35/h11-13,16-17,23,25,31,33-34,36-39,41-45,52,57-58H,10,14-15,18-22,24,26-29H2,1-9H3. The number of aliphatic hydroxyl groups excluding tert-OH is 1. The summed E-state index contributed by atoms with van der Waals surface area (Å²) < 4.78 is 30.3. The molecule has 3 heterocycles. The number of rotatable bonds is 8. The van der Waals surface area contributed by atoms with Gasteiger partial charge in [0.1, 0.15) is 24.0 Å².